The number of fused-ring (bicyclic) bond motifs is 1. The lowest BCUT2D eigenvalue weighted by Crippen LogP contribution is -2.37. The van der Waals surface area contributed by atoms with Crippen molar-refractivity contribution in [2.45, 2.75) is 45.1 Å². The fourth-order valence-electron chi connectivity index (χ4n) is 4.94. The second-order valence-electron chi connectivity index (χ2n) is 10.2. The van der Waals surface area contributed by atoms with Crippen LogP contribution in [0.4, 0.5) is 11.4 Å². The number of amides is 1. The molecule has 0 bridgehead atoms. The smallest absolute Gasteiger partial charge is 0.305 e. The highest BCUT2D eigenvalue weighted by molar-refractivity contribution is 6.05. The molecule has 0 aliphatic carbocycles. The van der Waals surface area contributed by atoms with E-state index in [4.69, 9.17) is 14.2 Å². The average molecular weight is 585 g/mol. The number of esters is 1. The minimum absolute atomic E-state index is 0.229. The molecule has 0 saturated carbocycles. The van der Waals surface area contributed by atoms with E-state index < -0.39 is 6.10 Å². The summed E-state index contributed by atoms with van der Waals surface area (Å²) in [6.45, 7) is 3.81. The van der Waals surface area contributed by atoms with E-state index >= 15 is 0 Å². The van der Waals surface area contributed by atoms with Crippen LogP contribution in [0.1, 0.15) is 60.5 Å². The van der Waals surface area contributed by atoms with Crippen LogP contribution in [-0.2, 0) is 16.0 Å². The number of aryl methyl sites for hydroxylation is 1. The zero-order valence-corrected chi connectivity index (χ0v) is 24.2. The molecule has 2 N–H and O–H groups in total. The van der Waals surface area contributed by atoms with Crippen molar-refractivity contribution < 1.29 is 23.8 Å². The van der Waals surface area contributed by atoms with Crippen LogP contribution in [0.2, 0.25) is 0 Å². The number of ether oxygens (including phenoxy) is 3. The maximum Gasteiger partial charge on any atom is 0.305 e. The molecule has 2 heterocycles. The molecular weight excluding hydrogens is 548 g/mol. The number of hydrogen-bond acceptors (Lipinski definition) is 9. The third-order valence-corrected chi connectivity index (χ3v) is 7.10. The molecule has 0 saturated heterocycles. The molecule has 3 aromatic carbocycles. The van der Waals surface area contributed by atoms with E-state index in [1.807, 2.05) is 18.2 Å². The fourth-order valence-corrected chi connectivity index (χ4v) is 4.94. The number of carbonyl (C=O) groups is 2. The van der Waals surface area contributed by atoms with Gasteiger partial charge in [0.15, 0.2) is 17.7 Å². The van der Waals surface area contributed by atoms with Gasteiger partial charge in [-0.05, 0) is 85.0 Å². The van der Waals surface area contributed by atoms with Crippen molar-refractivity contribution in [2.75, 3.05) is 36.5 Å². The molecule has 11 heteroatoms. The van der Waals surface area contributed by atoms with E-state index in [0.29, 0.717) is 62.0 Å². The van der Waals surface area contributed by atoms with Crippen molar-refractivity contribution in [3.63, 3.8) is 0 Å². The number of rotatable bonds is 14. The van der Waals surface area contributed by atoms with Crippen LogP contribution >= 0.6 is 0 Å². The maximum absolute atomic E-state index is 13.2. The Bertz CT molecular complexity index is 1460. The zero-order chi connectivity index (χ0) is 29.9. The Kier molecular flexibility index (Phi) is 10.2. The molecule has 1 aliphatic heterocycles. The Hall–Kier alpha value is -4.93. The largest absolute Gasteiger partial charge is 0.494 e. The van der Waals surface area contributed by atoms with Gasteiger partial charge in [0.1, 0.15) is 5.75 Å². The van der Waals surface area contributed by atoms with E-state index in [1.165, 1.54) is 5.56 Å². The third kappa shape index (κ3) is 8.09. The number of aromatic nitrogens is 4. The van der Waals surface area contributed by atoms with Crippen LogP contribution in [0.25, 0.3) is 0 Å². The number of nitrogens with one attached hydrogen (secondary N) is 2. The number of anilines is 2. The van der Waals surface area contributed by atoms with Gasteiger partial charge in [0.25, 0.3) is 5.91 Å². The second kappa shape index (κ2) is 14.8. The van der Waals surface area contributed by atoms with E-state index in [-0.39, 0.29) is 11.9 Å². The molecule has 1 aliphatic rings. The summed E-state index contributed by atoms with van der Waals surface area (Å²) in [5.74, 6) is 1.20. The Morgan fingerprint density at radius 1 is 1.02 bits per heavy atom. The highest BCUT2D eigenvalue weighted by Gasteiger charge is 2.31. The molecule has 0 fully saturated rings. The van der Waals surface area contributed by atoms with Crippen LogP contribution in [-0.4, -0.2) is 58.8 Å². The molecule has 1 unspecified atom stereocenters. The summed E-state index contributed by atoms with van der Waals surface area (Å²) in [5.41, 5.74) is 3.15. The number of hydrogen-bond donors (Lipinski definition) is 2. The Morgan fingerprint density at radius 3 is 2.63 bits per heavy atom. The number of unbranched alkanes of at least 4 members (excludes halogenated alkanes) is 1. The molecule has 1 amide bonds. The summed E-state index contributed by atoms with van der Waals surface area (Å²) in [4.78, 5) is 27.2. The molecule has 224 valence electrons. The molecule has 0 radical (unpaired) electrons. The lowest BCUT2D eigenvalue weighted by atomic mass is 10.1. The van der Waals surface area contributed by atoms with Crippen molar-refractivity contribution in [1.29, 1.82) is 0 Å². The summed E-state index contributed by atoms with van der Waals surface area (Å²) in [5, 5.41) is 17.2. The van der Waals surface area contributed by atoms with Crippen molar-refractivity contribution in [3.05, 3.63) is 89.7 Å². The quantitative estimate of drug-likeness (QED) is 0.153. The monoisotopic (exact) mass is 584 g/mol. The van der Waals surface area contributed by atoms with Gasteiger partial charge in [-0.25, -0.2) is 5.10 Å². The average Bonchev–Trinajstić information content (AvgIpc) is 3.57. The predicted octanol–water partition coefficient (Wildman–Crippen LogP) is 5.14. The first-order chi connectivity index (χ1) is 21.1. The van der Waals surface area contributed by atoms with Gasteiger partial charge >= 0.3 is 5.97 Å². The van der Waals surface area contributed by atoms with Crippen LogP contribution < -0.4 is 19.7 Å². The molecule has 4 aromatic rings. The molecule has 1 aromatic heterocycles. The Morgan fingerprint density at radius 2 is 1.86 bits per heavy atom. The molecule has 1 atom stereocenters. The number of para-hydroxylation sites is 1. The molecular formula is C32H36N6O5. The first-order valence-corrected chi connectivity index (χ1v) is 14.6. The van der Waals surface area contributed by atoms with E-state index in [2.05, 4.69) is 55.1 Å². The Labute approximate surface area is 250 Å². The topological polar surface area (TPSA) is 132 Å². The maximum atomic E-state index is 13.2. The van der Waals surface area contributed by atoms with Gasteiger partial charge in [0.05, 0.1) is 31.1 Å². The summed E-state index contributed by atoms with van der Waals surface area (Å²) in [6, 6.07) is 23.1. The van der Waals surface area contributed by atoms with Crippen molar-refractivity contribution >= 4 is 23.3 Å². The van der Waals surface area contributed by atoms with E-state index in [9.17, 15) is 9.59 Å². The van der Waals surface area contributed by atoms with Crippen molar-refractivity contribution in [3.8, 4) is 11.5 Å². The number of carbonyl (C=O) groups excluding carboxylic acids is 2. The minimum atomic E-state index is -0.493. The standard InChI is InChI=1S/C32H36N6O5/c1-2-41-29(39)15-9-20-38-22-28(31-34-36-37-35-31)43-30-26(13-8-14-27(30)38)33-32(40)24-16-18-25(19-17-24)42-21-7-6-12-23-10-4-3-5-11-23/h3-5,8,10-11,13-14,16-19,28H,2,6-7,9,12,15,20-22H2,1H3,(H,33,40)(H,34,35,36,37). The molecule has 5 rings (SSSR count). The number of nitrogens with zero attached hydrogens (tertiary/aromatic N) is 4. The second-order valence-corrected chi connectivity index (χ2v) is 10.2. The summed E-state index contributed by atoms with van der Waals surface area (Å²) >= 11 is 0. The van der Waals surface area contributed by atoms with Crippen LogP contribution in [0, 0.1) is 0 Å². The Balaban J connectivity index is 1.20. The van der Waals surface area contributed by atoms with Gasteiger partial charge in [0.2, 0.25) is 0 Å². The van der Waals surface area contributed by atoms with Crippen molar-refractivity contribution in [2.24, 2.45) is 0 Å². The number of tetrazole rings is 1. The van der Waals surface area contributed by atoms with Gasteiger partial charge in [-0.2, -0.15) is 0 Å². The predicted molar refractivity (Wildman–Crippen MR) is 161 cm³/mol. The third-order valence-electron chi connectivity index (χ3n) is 7.10. The summed E-state index contributed by atoms with van der Waals surface area (Å²) in [6.07, 6.45) is 3.42. The number of benzene rings is 3. The van der Waals surface area contributed by atoms with Crippen LogP contribution in [0.3, 0.4) is 0 Å². The van der Waals surface area contributed by atoms with Gasteiger partial charge in [-0.1, -0.05) is 36.4 Å². The molecule has 11 nitrogen and oxygen atoms in total. The van der Waals surface area contributed by atoms with Gasteiger partial charge in [0, 0.05) is 18.5 Å². The highest BCUT2D eigenvalue weighted by Crippen LogP contribution is 2.43. The SMILES string of the molecule is CCOC(=O)CCCN1CC(c2nnn[nH]2)Oc2c(NC(=O)c3ccc(OCCCCc4ccccc4)cc3)cccc21. The lowest BCUT2D eigenvalue weighted by molar-refractivity contribution is -0.143. The first-order valence-electron chi connectivity index (χ1n) is 14.6. The number of aromatic amines is 1. The first kappa shape index (κ1) is 29.6. The van der Waals surface area contributed by atoms with E-state index in [1.54, 1.807) is 37.3 Å². The van der Waals surface area contributed by atoms with Gasteiger partial charge in [-0.3, -0.25) is 9.59 Å². The lowest BCUT2D eigenvalue weighted by Gasteiger charge is -2.36. The summed E-state index contributed by atoms with van der Waals surface area (Å²) in [7, 11) is 0. The summed E-state index contributed by atoms with van der Waals surface area (Å²) < 4.78 is 17.3. The molecule has 43 heavy (non-hydrogen) atoms. The highest BCUT2D eigenvalue weighted by atomic mass is 16.5. The minimum Gasteiger partial charge on any atom is -0.494 e. The zero-order valence-electron chi connectivity index (χ0n) is 24.2. The van der Waals surface area contributed by atoms with Crippen molar-refractivity contribution in [1.82, 2.24) is 20.6 Å². The van der Waals surface area contributed by atoms with Crippen LogP contribution in [0.15, 0.2) is 72.8 Å². The van der Waals surface area contributed by atoms with E-state index in [0.717, 1.165) is 30.7 Å². The molecule has 0 spiro atoms. The normalized spacial score (nSPS) is 14.0. The fraction of sp³-hybridized carbons (Fsp3) is 0.344. The van der Waals surface area contributed by atoms with Crippen LogP contribution in [0.5, 0.6) is 11.5 Å². The van der Waals surface area contributed by atoms with Gasteiger partial charge in [-0.15, -0.1) is 5.10 Å². The van der Waals surface area contributed by atoms with Gasteiger partial charge < -0.3 is 24.4 Å². The number of H-pyrrole nitrogens is 1.